The number of nitrogens with zero attached hydrogens (tertiary/aromatic N) is 1. The van der Waals surface area contributed by atoms with E-state index in [4.69, 9.17) is 14.2 Å². The lowest BCUT2D eigenvalue weighted by molar-refractivity contribution is -0.116. The number of fused-ring (bicyclic) bond motifs is 1. The zero-order valence-electron chi connectivity index (χ0n) is 18.6. The predicted molar refractivity (Wildman–Crippen MR) is 124 cm³/mol. The van der Waals surface area contributed by atoms with E-state index < -0.39 is 10.0 Å². The first kappa shape index (κ1) is 24.0. The number of rotatable bonds is 7. The van der Waals surface area contributed by atoms with E-state index in [0.29, 0.717) is 68.7 Å². The van der Waals surface area contributed by atoms with Gasteiger partial charge in [0.25, 0.3) is 5.91 Å². The Balaban J connectivity index is 1.30. The van der Waals surface area contributed by atoms with Crippen LogP contribution >= 0.6 is 0 Å². The lowest BCUT2D eigenvalue weighted by Crippen LogP contribution is -2.40. The molecule has 10 nitrogen and oxygen atoms in total. The number of carbonyl (C=O) groups excluding carboxylic acids is 2. The number of sulfonamides is 1. The molecular formula is C23H27N3O7S. The number of nitrogens with one attached hydrogen (secondary N) is 2. The fourth-order valence-corrected chi connectivity index (χ4v) is 4.64. The second-order valence-electron chi connectivity index (χ2n) is 7.84. The van der Waals surface area contributed by atoms with Gasteiger partial charge in [-0.2, -0.15) is 0 Å². The molecule has 1 fully saturated rings. The van der Waals surface area contributed by atoms with E-state index in [1.807, 2.05) is 0 Å². The second kappa shape index (κ2) is 10.9. The molecule has 2 amide bonds. The summed E-state index contributed by atoms with van der Waals surface area (Å²) < 4.78 is 44.0. The molecule has 2 aliphatic heterocycles. The molecule has 0 unspecified atom stereocenters. The smallest absolute Gasteiger partial charge is 0.254 e. The maximum Gasteiger partial charge on any atom is 0.254 e. The van der Waals surface area contributed by atoms with Crippen LogP contribution in [-0.2, 0) is 19.6 Å². The monoisotopic (exact) mass is 489 g/mol. The highest BCUT2D eigenvalue weighted by molar-refractivity contribution is 7.89. The fourth-order valence-electron chi connectivity index (χ4n) is 3.60. The van der Waals surface area contributed by atoms with E-state index in [1.165, 1.54) is 12.1 Å². The average Bonchev–Trinajstić information content (AvgIpc) is 3.09. The lowest BCUT2D eigenvalue weighted by Gasteiger charge is -2.27. The molecular weight excluding hydrogens is 462 g/mol. The highest BCUT2D eigenvalue weighted by atomic mass is 32.2. The lowest BCUT2D eigenvalue weighted by atomic mass is 10.1. The minimum Gasteiger partial charge on any atom is -0.490 e. The van der Waals surface area contributed by atoms with Crippen LogP contribution in [0.1, 0.15) is 23.2 Å². The Labute approximate surface area is 198 Å². The minimum absolute atomic E-state index is 0.0338. The number of hydrogen-bond acceptors (Lipinski definition) is 7. The quantitative estimate of drug-likeness (QED) is 0.606. The Hall–Kier alpha value is -3.15. The van der Waals surface area contributed by atoms with Crippen molar-refractivity contribution < 1.29 is 32.2 Å². The Kier molecular flexibility index (Phi) is 7.66. The van der Waals surface area contributed by atoms with Crippen LogP contribution in [0.3, 0.4) is 0 Å². The summed E-state index contributed by atoms with van der Waals surface area (Å²) in [4.78, 5) is 26.7. The third-order valence-corrected chi connectivity index (χ3v) is 6.82. The standard InChI is InChI=1S/C23H27N3O7S/c27-22(25-18-4-1-3-17(15-18)23(28)26-9-13-31-14-10-26)7-8-24-34(29,30)19-5-6-20-21(16-19)33-12-2-11-32-20/h1,3-6,15-16,24H,2,7-14H2,(H,25,27). The van der Waals surface area contributed by atoms with Crippen molar-refractivity contribution >= 4 is 27.5 Å². The Morgan fingerprint density at radius 2 is 1.71 bits per heavy atom. The number of hydrogen-bond donors (Lipinski definition) is 2. The third-order valence-electron chi connectivity index (χ3n) is 5.37. The first-order chi connectivity index (χ1) is 16.4. The van der Waals surface area contributed by atoms with Crippen molar-refractivity contribution in [2.24, 2.45) is 0 Å². The molecule has 0 spiro atoms. The molecule has 0 saturated carbocycles. The second-order valence-corrected chi connectivity index (χ2v) is 9.61. The van der Waals surface area contributed by atoms with Crippen LogP contribution in [0, 0.1) is 0 Å². The number of amides is 2. The van der Waals surface area contributed by atoms with Gasteiger partial charge in [-0.25, -0.2) is 13.1 Å². The summed E-state index contributed by atoms with van der Waals surface area (Å²) in [6.45, 7) is 2.93. The predicted octanol–water partition coefficient (Wildman–Crippen LogP) is 1.63. The number of morpholine rings is 1. The van der Waals surface area contributed by atoms with Gasteiger partial charge in [0, 0.05) is 49.8 Å². The molecule has 11 heteroatoms. The van der Waals surface area contributed by atoms with E-state index >= 15 is 0 Å². The van der Waals surface area contributed by atoms with Crippen LogP contribution in [0.15, 0.2) is 47.4 Å². The van der Waals surface area contributed by atoms with Crippen molar-refractivity contribution in [3.8, 4) is 11.5 Å². The summed E-state index contributed by atoms with van der Waals surface area (Å²) in [5.74, 6) is 0.384. The van der Waals surface area contributed by atoms with Gasteiger partial charge in [-0.15, -0.1) is 0 Å². The van der Waals surface area contributed by atoms with Crippen LogP contribution in [0.5, 0.6) is 11.5 Å². The number of carbonyl (C=O) groups is 2. The van der Waals surface area contributed by atoms with E-state index in [0.717, 1.165) is 0 Å². The van der Waals surface area contributed by atoms with E-state index in [-0.39, 0.29) is 29.7 Å². The largest absolute Gasteiger partial charge is 0.490 e. The van der Waals surface area contributed by atoms with Crippen LogP contribution in [0.25, 0.3) is 0 Å². The Bertz CT molecular complexity index is 1150. The van der Waals surface area contributed by atoms with Gasteiger partial charge < -0.3 is 24.4 Å². The van der Waals surface area contributed by atoms with Crippen molar-refractivity contribution in [1.29, 1.82) is 0 Å². The zero-order valence-corrected chi connectivity index (χ0v) is 19.4. The summed E-state index contributed by atoms with van der Waals surface area (Å²) in [6, 6.07) is 11.1. The van der Waals surface area contributed by atoms with Crippen molar-refractivity contribution in [3.05, 3.63) is 48.0 Å². The van der Waals surface area contributed by atoms with Crippen LogP contribution < -0.4 is 19.5 Å². The Morgan fingerprint density at radius 3 is 2.50 bits per heavy atom. The summed E-state index contributed by atoms with van der Waals surface area (Å²) in [6.07, 6.45) is 0.639. The SMILES string of the molecule is O=C(CCNS(=O)(=O)c1ccc2c(c1)OCCCO2)Nc1cccc(C(=O)N2CCOCC2)c1. The summed E-state index contributed by atoms with van der Waals surface area (Å²) in [7, 11) is -3.83. The number of ether oxygens (including phenoxy) is 3. The fraction of sp³-hybridized carbons (Fsp3) is 0.391. The molecule has 2 aliphatic rings. The molecule has 2 aromatic rings. The summed E-state index contributed by atoms with van der Waals surface area (Å²) in [5.41, 5.74) is 0.935. The van der Waals surface area contributed by atoms with Gasteiger partial charge in [0.15, 0.2) is 11.5 Å². The minimum atomic E-state index is -3.83. The van der Waals surface area contributed by atoms with E-state index in [9.17, 15) is 18.0 Å². The Morgan fingerprint density at radius 1 is 0.941 bits per heavy atom. The zero-order chi connectivity index (χ0) is 24.0. The molecule has 34 heavy (non-hydrogen) atoms. The third kappa shape index (κ3) is 6.04. The molecule has 0 aliphatic carbocycles. The molecule has 4 rings (SSSR count). The summed E-state index contributed by atoms with van der Waals surface area (Å²) >= 11 is 0. The first-order valence-corrected chi connectivity index (χ1v) is 12.6. The number of anilines is 1. The van der Waals surface area contributed by atoms with Gasteiger partial charge in [-0.3, -0.25) is 9.59 Å². The van der Waals surface area contributed by atoms with Crippen molar-refractivity contribution in [2.75, 3.05) is 51.4 Å². The van der Waals surface area contributed by atoms with Crippen molar-refractivity contribution in [3.63, 3.8) is 0 Å². The molecule has 2 N–H and O–H groups in total. The van der Waals surface area contributed by atoms with Crippen LogP contribution in [0.4, 0.5) is 5.69 Å². The van der Waals surface area contributed by atoms with Gasteiger partial charge in [-0.1, -0.05) is 6.07 Å². The maximum atomic E-state index is 12.6. The van der Waals surface area contributed by atoms with Crippen LogP contribution in [-0.4, -0.2) is 71.2 Å². The molecule has 0 radical (unpaired) electrons. The highest BCUT2D eigenvalue weighted by Gasteiger charge is 2.20. The van der Waals surface area contributed by atoms with Crippen molar-refractivity contribution in [1.82, 2.24) is 9.62 Å². The average molecular weight is 490 g/mol. The van der Waals surface area contributed by atoms with E-state index in [1.54, 1.807) is 35.2 Å². The molecule has 0 bridgehead atoms. The van der Waals surface area contributed by atoms with Gasteiger partial charge in [0.1, 0.15) is 0 Å². The first-order valence-electron chi connectivity index (χ1n) is 11.1. The summed E-state index contributed by atoms with van der Waals surface area (Å²) in [5, 5.41) is 2.71. The van der Waals surface area contributed by atoms with Gasteiger partial charge >= 0.3 is 0 Å². The molecule has 182 valence electrons. The topological polar surface area (TPSA) is 123 Å². The number of benzene rings is 2. The van der Waals surface area contributed by atoms with Crippen molar-refractivity contribution in [2.45, 2.75) is 17.7 Å². The molecule has 2 heterocycles. The molecule has 0 atom stereocenters. The molecule has 0 aromatic heterocycles. The molecule has 1 saturated heterocycles. The highest BCUT2D eigenvalue weighted by Crippen LogP contribution is 2.31. The normalized spacial score (nSPS) is 15.9. The maximum absolute atomic E-state index is 12.6. The van der Waals surface area contributed by atoms with Gasteiger partial charge in [-0.05, 0) is 30.3 Å². The van der Waals surface area contributed by atoms with E-state index in [2.05, 4.69) is 10.0 Å². The van der Waals surface area contributed by atoms with Gasteiger partial charge in [0.05, 0.1) is 31.3 Å². The van der Waals surface area contributed by atoms with Crippen LogP contribution in [0.2, 0.25) is 0 Å². The van der Waals surface area contributed by atoms with Gasteiger partial charge in [0.2, 0.25) is 15.9 Å². The molecule has 2 aromatic carbocycles.